The van der Waals surface area contributed by atoms with Crippen molar-refractivity contribution in [3.05, 3.63) is 29.8 Å². The lowest BCUT2D eigenvalue weighted by molar-refractivity contribution is -0.126. The molecule has 1 aromatic carbocycles. The van der Waals surface area contributed by atoms with Gasteiger partial charge in [-0.2, -0.15) is 0 Å². The van der Waals surface area contributed by atoms with E-state index in [1.54, 1.807) is 0 Å². The number of fused-ring (bicyclic) bond motifs is 1. The van der Waals surface area contributed by atoms with Gasteiger partial charge in [-0.3, -0.25) is 4.79 Å². The van der Waals surface area contributed by atoms with Crippen molar-refractivity contribution in [2.75, 3.05) is 19.0 Å². The van der Waals surface area contributed by atoms with Crippen LogP contribution < -0.4 is 10.1 Å². The first-order chi connectivity index (χ1) is 7.81. The summed E-state index contributed by atoms with van der Waals surface area (Å²) >= 11 is 5.52. The van der Waals surface area contributed by atoms with Gasteiger partial charge in [-0.25, -0.2) is 0 Å². The lowest BCUT2D eigenvalue weighted by atomic mass is 9.96. The predicted molar refractivity (Wildman–Crippen MR) is 62.9 cm³/mol. The van der Waals surface area contributed by atoms with Gasteiger partial charge < -0.3 is 10.1 Å². The molecule has 1 unspecified atom stereocenters. The van der Waals surface area contributed by atoms with Gasteiger partial charge in [-0.05, 0) is 18.1 Å². The standard InChI is InChI=1S/C12H14ClNO2/c13-5-6-14-12(15)10-7-9-3-1-2-4-11(9)16-8-10/h1-4,10H,5-8H2,(H,14,15). The van der Waals surface area contributed by atoms with Crippen molar-refractivity contribution in [2.45, 2.75) is 6.42 Å². The SMILES string of the molecule is O=C(NCCCl)C1COc2ccccc2C1. The number of rotatable bonds is 3. The van der Waals surface area contributed by atoms with E-state index in [9.17, 15) is 4.79 Å². The van der Waals surface area contributed by atoms with Crippen LogP contribution in [0.3, 0.4) is 0 Å². The maximum absolute atomic E-state index is 11.7. The van der Waals surface area contributed by atoms with E-state index in [1.807, 2.05) is 24.3 Å². The molecule has 0 saturated heterocycles. The van der Waals surface area contributed by atoms with Crippen LogP contribution in [-0.2, 0) is 11.2 Å². The lowest BCUT2D eigenvalue weighted by Crippen LogP contribution is -2.38. The number of carbonyl (C=O) groups excluding carboxylic acids is 1. The van der Waals surface area contributed by atoms with Crippen molar-refractivity contribution in [1.82, 2.24) is 5.32 Å². The van der Waals surface area contributed by atoms with Gasteiger partial charge in [-0.15, -0.1) is 11.6 Å². The molecule has 3 nitrogen and oxygen atoms in total. The number of alkyl halides is 1. The molecule has 1 atom stereocenters. The fourth-order valence-corrected chi connectivity index (χ4v) is 1.91. The fraction of sp³-hybridized carbons (Fsp3) is 0.417. The van der Waals surface area contributed by atoms with Crippen molar-refractivity contribution >= 4 is 17.5 Å². The van der Waals surface area contributed by atoms with Crippen LogP contribution in [0.25, 0.3) is 0 Å². The number of carbonyl (C=O) groups is 1. The minimum Gasteiger partial charge on any atom is -0.492 e. The van der Waals surface area contributed by atoms with E-state index >= 15 is 0 Å². The van der Waals surface area contributed by atoms with E-state index in [-0.39, 0.29) is 11.8 Å². The Labute approximate surface area is 99.7 Å². The first-order valence-electron chi connectivity index (χ1n) is 5.35. The smallest absolute Gasteiger partial charge is 0.226 e. The number of hydrogen-bond donors (Lipinski definition) is 1. The van der Waals surface area contributed by atoms with Gasteiger partial charge >= 0.3 is 0 Å². The molecule has 0 saturated carbocycles. The average molecular weight is 240 g/mol. The summed E-state index contributed by atoms with van der Waals surface area (Å²) in [5, 5.41) is 2.78. The predicted octanol–water partition coefficient (Wildman–Crippen LogP) is 1.59. The number of amides is 1. The average Bonchev–Trinajstić information content (AvgIpc) is 2.35. The number of para-hydroxylation sites is 1. The molecule has 0 aromatic heterocycles. The van der Waals surface area contributed by atoms with E-state index in [4.69, 9.17) is 16.3 Å². The second-order valence-corrected chi connectivity index (χ2v) is 4.18. The topological polar surface area (TPSA) is 38.3 Å². The molecule has 0 fully saturated rings. The number of nitrogens with one attached hydrogen (secondary N) is 1. The Morgan fingerprint density at radius 1 is 1.50 bits per heavy atom. The quantitative estimate of drug-likeness (QED) is 0.814. The van der Waals surface area contributed by atoms with E-state index in [2.05, 4.69) is 5.32 Å². The lowest BCUT2D eigenvalue weighted by Gasteiger charge is -2.24. The van der Waals surface area contributed by atoms with Gasteiger partial charge in [0.15, 0.2) is 0 Å². The van der Waals surface area contributed by atoms with Gasteiger partial charge in [0.2, 0.25) is 5.91 Å². The van der Waals surface area contributed by atoms with Crippen LogP contribution in [0.5, 0.6) is 5.75 Å². The molecule has 1 aliphatic heterocycles. The molecule has 1 heterocycles. The second-order valence-electron chi connectivity index (χ2n) is 3.80. The van der Waals surface area contributed by atoms with Gasteiger partial charge in [0, 0.05) is 12.4 Å². The molecule has 2 rings (SSSR count). The van der Waals surface area contributed by atoms with Crippen LogP contribution >= 0.6 is 11.6 Å². The van der Waals surface area contributed by atoms with Crippen LogP contribution in [0, 0.1) is 5.92 Å². The molecule has 86 valence electrons. The Bertz CT molecular complexity index is 381. The molecule has 4 heteroatoms. The number of hydrogen-bond acceptors (Lipinski definition) is 2. The number of ether oxygens (including phenoxy) is 1. The third kappa shape index (κ3) is 2.47. The van der Waals surface area contributed by atoms with Crippen molar-refractivity contribution in [2.24, 2.45) is 5.92 Å². The highest BCUT2D eigenvalue weighted by atomic mass is 35.5. The summed E-state index contributed by atoms with van der Waals surface area (Å²) in [6.45, 7) is 0.962. The van der Waals surface area contributed by atoms with Crippen molar-refractivity contribution in [3.63, 3.8) is 0 Å². The molecule has 1 aliphatic rings. The van der Waals surface area contributed by atoms with Gasteiger partial charge in [-0.1, -0.05) is 18.2 Å². The van der Waals surface area contributed by atoms with Gasteiger partial charge in [0.1, 0.15) is 12.4 Å². The van der Waals surface area contributed by atoms with Crippen LogP contribution in [0.4, 0.5) is 0 Å². The zero-order valence-electron chi connectivity index (χ0n) is 8.91. The third-order valence-electron chi connectivity index (χ3n) is 2.64. The van der Waals surface area contributed by atoms with E-state index in [0.29, 0.717) is 19.0 Å². The van der Waals surface area contributed by atoms with Crippen molar-refractivity contribution in [1.29, 1.82) is 0 Å². The highest BCUT2D eigenvalue weighted by molar-refractivity contribution is 6.18. The zero-order chi connectivity index (χ0) is 11.4. The summed E-state index contributed by atoms with van der Waals surface area (Å²) in [5.74, 6) is 1.26. The van der Waals surface area contributed by atoms with E-state index < -0.39 is 0 Å². The molecular weight excluding hydrogens is 226 g/mol. The highest BCUT2D eigenvalue weighted by Crippen LogP contribution is 2.26. The molecule has 1 aromatic rings. The Morgan fingerprint density at radius 2 is 2.31 bits per heavy atom. The Morgan fingerprint density at radius 3 is 3.12 bits per heavy atom. The fourth-order valence-electron chi connectivity index (χ4n) is 1.81. The Kier molecular flexibility index (Phi) is 3.67. The summed E-state index contributed by atoms with van der Waals surface area (Å²) in [5.41, 5.74) is 1.10. The minimum atomic E-state index is -0.0990. The van der Waals surface area contributed by atoms with Crippen LogP contribution in [-0.4, -0.2) is 24.9 Å². The number of benzene rings is 1. The highest BCUT2D eigenvalue weighted by Gasteiger charge is 2.25. The normalized spacial score (nSPS) is 18.4. The first kappa shape index (κ1) is 11.3. The molecule has 1 N–H and O–H groups in total. The Balaban J connectivity index is 1.99. The van der Waals surface area contributed by atoms with E-state index in [0.717, 1.165) is 17.7 Å². The largest absolute Gasteiger partial charge is 0.492 e. The summed E-state index contributed by atoms with van der Waals surface area (Å²) in [4.78, 5) is 11.7. The van der Waals surface area contributed by atoms with Crippen LogP contribution in [0.2, 0.25) is 0 Å². The van der Waals surface area contributed by atoms with Gasteiger partial charge in [0.05, 0.1) is 5.92 Å². The summed E-state index contributed by atoms with van der Waals surface area (Å²) in [6.07, 6.45) is 0.740. The van der Waals surface area contributed by atoms with Gasteiger partial charge in [0.25, 0.3) is 0 Å². The molecule has 0 spiro atoms. The maximum Gasteiger partial charge on any atom is 0.226 e. The van der Waals surface area contributed by atoms with Crippen molar-refractivity contribution in [3.8, 4) is 5.75 Å². The monoisotopic (exact) mass is 239 g/mol. The Hall–Kier alpha value is -1.22. The molecule has 1 amide bonds. The summed E-state index contributed by atoms with van der Waals surface area (Å²) in [7, 11) is 0. The zero-order valence-corrected chi connectivity index (χ0v) is 9.67. The molecular formula is C12H14ClNO2. The first-order valence-corrected chi connectivity index (χ1v) is 5.89. The third-order valence-corrected chi connectivity index (χ3v) is 2.83. The van der Waals surface area contributed by atoms with Crippen LogP contribution in [0.15, 0.2) is 24.3 Å². The minimum absolute atomic E-state index is 0.0233. The molecule has 0 radical (unpaired) electrons. The maximum atomic E-state index is 11.7. The number of halogens is 1. The molecule has 0 bridgehead atoms. The summed E-state index contributed by atoms with van der Waals surface area (Å²) in [6, 6.07) is 7.83. The summed E-state index contributed by atoms with van der Waals surface area (Å²) < 4.78 is 5.54. The second kappa shape index (κ2) is 5.21. The molecule has 0 aliphatic carbocycles. The van der Waals surface area contributed by atoms with Crippen LogP contribution in [0.1, 0.15) is 5.56 Å². The molecule has 16 heavy (non-hydrogen) atoms. The van der Waals surface area contributed by atoms with Crippen molar-refractivity contribution < 1.29 is 9.53 Å². The van der Waals surface area contributed by atoms with E-state index in [1.165, 1.54) is 0 Å².